The van der Waals surface area contributed by atoms with Gasteiger partial charge in [-0.2, -0.15) is 4.39 Å². The van der Waals surface area contributed by atoms with Crippen LogP contribution in [0.25, 0.3) is 0 Å². The molecule has 0 saturated heterocycles. The predicted molar refractivity (Wildman–Crippen MR) is 70.5 cm³/mol. The number of nitrogens with two attached hydrogens (primary N) is 1. The van der Waals surface area contributed by atoms with Crippen LogP contribution in [0.3, 0.4) is 0 Å². The summed E-state index contributed by atoms with van der Waals surface area (Å²) in [6.45, 7) is 0. The fourth-order valence-electron chi connectivity index (χ4n) is 1.32. The van der Waals surface area contributed by atoms with E-state index in [2.05, 4.69) is 0 Å². The zero-order chi connectivity index (χ0) is 16.9. The molecule has 0 fully saturated rings. The van der Waals surface area contributed by atoms with Gasteiger partial charge < -0.3 is 5.73 Å². The monoisotopic (exact) mass is 315 g/mol. The number of nitro groups is 2. The maximum Gasteiger partial charge on any atom is 0.304 e. The molecule has 0 aliphatic heterocycles. The lowest BCUT2D eigenvalue weighted by atomic mass is 10.3. The fourth-order valence-corrected chi connectivity index (χ4v) is 1.32. The SMILES string of the molecule is Nc1cc(F)ccc1[N+](=O)[O-].O=[N+]([O-])c1ccc(F)cc1F. The zero-order valence-electron chi connectivity index (χ0n) is 10.7. The molecular weight excluding hydrogens is 307 g/mol. The summed E-state index contributed by atoms with van der Waals surface area (Å²) in [5, 5.41) is 20.1. The minimum absolute atomic E-state index is 0.157. The van der Waals surface area contributed by atoms with E-state index in [-0.39, 0.29) is 11.4 Å². The normalized spacial score (nSPS) is 9.59. The average molecular weight is 315 g/mol. The smallest absolute Gasteiger partial charge is 0.304 e. The molecule has 0 aliphatic carbocycles. The Labute approximate surface area is 121 Å². The molecule has 2 aromatic rings. The van der Waals surface area contributed by atoms with Gasteiger partial charge in [-0.15, -0.1) is 0 Å². The molecule has 0 aromatic heterocycles. The van der Waals surface area contributed by atoms with E-state index in [9.17, 15) is 33.4 Å². The van der Waals surface area contributed by atoms with Gasteiger partial charge in [-0.3, -0.25) is 20.2 Å². The Morgan fingerprint density at radius 2 is 1.27 bits per heavy atom. The molecule has 0 radical (unpaired) electrons. The molecule has 2 rings (SSSR count). The van der Waals surface area contributed by atoms with E-state index in [4.69, 9.17) is 5.73 Å². The van der Waals surface area contributed by atoms with Crippen molar-refractivity contribution in [2.45, 2.75) is 0 Å². The Morgan fingerprint density at radius 3 is 1.68 bits per heavy atom. The van der Waals surface area contributed by atoms with E-state index < -0.39 is 33.0 Å². The van der Waals surface area contributed by atoms with Gasteiger partial charge in [0.25, 0.3) is 5.69 Å². The van der Waals surface area contributed by atoms with Crippen LogP contribution in [0.2, 0.25) is 0 Å². The average Bonchev–Trinajstić information content (AvgIpc) is 2.38. The maximum absolute atomic E-state index is 12.4. The highest BCUT2D eigenvalue weighted by Gasteiger charge is 2.13. The van der Waals surface area contributed by atoms with Crippen LogP contribution in [-0.2, 0) is 0 Å². The molecule has 116 valence electrons. The Bertz CT molecular complexity index is 663. The van der Waals surface area contributed by atoms with Gasteiger partial charge in [0.05, 0.1) is 9.85 Å². The van der Waals surface area contributed by atoms with Crippen LogP contribution in [0.5, 0.6) is 0 Å². The molecule has 2 N–H and O–H groups in total. The van der Waals surface area contributed by atoms with Crippen molar-refractivity contribution in [2.75, 3.05) is 5.73 Å². The lowest BCUT2D eigenvalue weighted by Crippen LogP contribution is -1.95. The molecule has 7 nitrogen and oxygen atoms in total. The van der Waals surface area contributed by atoms with Crippen molar-refractivity contribution in [1.82, 2.24) is 0 Å². The third-order valence-corrected chi connectivity index (χ3v) is 2.29. The third-order valence-electron chi connectivity index (χ3n) is 2.29. The first-order valence-electron chi connectivity index (χ1n) is 5.51. The Balaban J connectivity index is 0.000000220. The molecule has 0 unspecified atom stereocenters. The van der Waals surface area contributed by atoms with Crippen LogP contribution < -0.4 is 5.73 Å². The first kappa shape index (κ1) is 16.9. The first-order chi connectivity index (χ1) is 10.2. The van der Waals surface area contributed by atoms with Crippen LogP contribution in [0, 0.1) is 37.7 Å². The van der Waals surface area contributed by atoms with E-state index in [0.29, 0.717) is 6.07 Å². The molecule has 0 heterocycles. The summed E-state index contributed by atoms with van der Waals surface area (Å²) >= 11 is 0. The Morgan fingerprint density at radius 1 is 0.818 bits per heavy atom. The summed E-state index contributed by atoms with van der Waals surface area (Å²) in [4.78, 5) is 18.5. The van der Waals surface area contributed by atoms with Crippen molar-refractivity contribution in [3.63, 3.8) is 0 Å². The number of nitrogens with zero attached hydrogens (tertiary/aromatic N) is 2. The molecule has 0 saturated carbocycles. The maximum atomic E-state index is 12.4. The van der Waals surface area contributed by atoms with Crippen LogP contribution in [0.15, 0.2) is 36.4 Å². The second kappa shape index (κ2) is 7.02. The largest absolute Gasteiger partial charge is 0.393 e. The quantitative estimate of drug-likeness (QED) is 0.519. The van der Waals surface area contributed by atoms with Gasteiger partial charge in [0.1, 0.15) is 17.3 Å². The second-order valence-electron chi connectivity index (χ2n) is 3.81. The first-order valence-corrected chi connectivity index (χ1v) is 5.51. The summed E-state index contributed by atoms with van der Waals surface area (Å²) in [6, 6.07) is 5.03. The Hall–Kier alpha value is -3.17. The summed E-state index contributed by atoms with van der Waals surface area (Å²) in [7, 11) is 0. The van der Waals surface area contributed by atoms with Gasteiger partial charge in [-0.1, -0.05) is 0 Å². The minimum atomic E-state index is -1.16. The number of halogens is 3. The predicted octanol–water partition coefficient (Wildman–Crippen LogP) is 3.19. The van der Waals surface area contributed by atoms with Gasteiger partial charge in [0, 0.05) is 24.3 Å². The second-order valence-corrected chi connectivity index (χ2v) is 3.81. The number of hydrogen-bond donors (Lipinski definition) is 1. The summed E-state index contributed by atoms with van der Waals surface area (Å²) in [6.07, 6.45) is 0. The van der Waals surface area contributed by atoms with E-state index in [0.717, 1.165) is 30.3 Å². The van der Waals surface area contributed by atoms with E-state index in [1.54, 1.807) is 0 Å². The van der Waals surface area contributed by atoms with Gasteiger partial charge in [-0.25, -0.2) is 8.78 Å². The van der Waals surface area contributed by atoms with Crippen molar-refractivity contribution in [2.24, 2.45) is 0 Å². The molecule has 0 bridgehead atoms. The highest BCUT2D eigenvalue weighted by molar-refractivity contribution is 5.57. The minimum Gasteiger partial charge on any atom is -0.393 e. The van der Waals surface area contributed by atoms with E-state index in [1.165, 1.54) is 0 Å². The molecule has 10 heteroatoms. The van der Waals surface area contributed by atoms with Crippen molar-refractivity contribution in [3.05, 3.63) is 74.1 Å². The van der Waals surface area contributed by atoms with Crippen molar-refractivity contribution >= 4 is 17.1 Å². The zero-order valence-corrected chi connectivity index (χ0v) is 10.7. The lowest BCUT2D eigenvalue weighted by Gasteiger charge is -1.94. The number of hydrogen-bond acceptors (Lipinski definition) is 5. The van der Waals surface area contributed by atoms with Gasteiger partial charge >= 0.3 is 5.69 Å². The number of benzene rings is 2. The van der Waals surface area contributed by atoms with Gasteiger partial charge in [-0.05, 0) is 12.1 Å². The lowest BCUT2D eigenvalue weighted by molar-refractivity contribution is -0.387. The summed E-state index contributed by atoms with van der Waals surface area (Å²) < 4.78 is 36.9. The molecule has 0 atom stereocenters. The molecule has 22 heavy (non-hydrogen) atoms. The topological polar surface area (TPSA) is 112 Å². The van der Waals surface area contributed by atoms with Crippen LogP contribution in [-0.4, -0.2) is 9.85 Å². The van der Waals surface area contributed by atoms with Crippen molar-refractivity contribution < 1.29 is 23.0 Å². The summed E-state index contributed by atoms with van der Waals surface area (Å²) in [5.41, 5.74) is 4.00. The highest BCUT2D eigenvalue weighted by Crippen LogP contribution is 2.20. The van der Waals surface area contributed by atoms with Gasteiger partial charge in [0.15, 0.2) is 0 Å². The van der Waals surface area contributed by atoms with Crippen LogP contribution in [0.1, 0.15) is 0 Å². The third kappa shape index (κ3) is 4.44. The van der Waals surface area contributed by atoms with Crippen molar-refractivity contribution in [3.8, 4) is 0 Å². The number of anilines is 1. The standard InChI is InChI=1S/C6H3F2NO2.C6H5FN2O2/c2*7-4-1-2-6(9(10)11)5(8)3-4/h1-3H;1-3H,8H2. The highest BCUT2D eigenvalue weighted by atomic mass is 19.1. The number of nitrogen functional groups attached to an aromatic ring is 1. The molecular formula is C12H8F3N3O4. The van der Waals surface area contributed by atoms with Gasteiger partial charge in [0.2, 0.25) is 5.82 Å². The molecule has 0 amide bonds. The number of nitro benzene ring substituents is 2. The molecule has 2 aromatic carbocycles. The van der Waals surface area contributed by atoms with E-state index >= 15 is 0 Å². The van der Waals surface area contributed by atoms with Crippen LogP contribution >= 0.6 is 0 Å². The molecule has 0 aliphatic rings. The van der Waals surface area contributed by atoms with Crippen LogP contribution in [0.4, 0.5) is 30.2 Å². The molecule has 0 spiro atoms. The fraction of sp³-hybridized carbons (Fsp3) is 0. The summed E-state index contributed by atoms with van der Waals surface area (Å²) in [5.74, 6) is -2.56. The van der Waals surface area contributed by atoms with Crippen molar-refractivity contribution in [1.29, 1.82) is 0 Å². The Kier molecular flexibility index (Phi) is 5.38. The number of rotatable bonds is 2. The van der Waals surface area contributed by atoms with E-state index in [1.807, 2.05) is 0 Å².